The van der Waals surface area contributed by atoms with Crippen molar-refractivity contribution in [3.8, 4) is 0 Å². The predicted molar refractivity (Wildman–Crippen MR) is 95.9 cm³/mol. The molecule has 134 valence electrons. The Hall–Kier alpha value is -3.36. The number of nitro groups is 1. The first-order chi connectivity index (χ1) is 12.6. The van der Waals surface area contributed by atoms with E-state index in [9.17, 15) is 14.9 Å². The Morgan fingerprint density at radius 1 is 1.35 bits per heavy atom. The van der Waals surface area contributed by atoms with Gasteiger partial charge in [-0.05, 0) is 19.1 Å². The molecule has 0 saturated carbocycles. The van der Waals surface area contributed by atoms with E-state index < -0.39 is 10.8 Å². The first kappa shape index (κ1) is 17.5. The molecule has 0 spiro atoms. The third-order valence-corrected chi connectivity index (χ3v) is 4.07. The van der Waals surface area contributed by atoms with Gasteiger partial charge < -0.3 is 4.57 Å². The molecule has 0 fully saturated rings. The van der Waals surface area contributed by atoms with Crippen LogP contribution >= 0.6 is 0 Å². The van der Waals surface area contributed by atoms with Gasteiger partial charge in [0.25, 0.3) is 11.6 Å². The maximum atomic E-state index is 12.6. The number of rotatable bonds is 7. The van der Waals surface area contributed by atoms with Gasteiger partial charge in [-0.15, -0.1) is 0 Å². The molecule has 1 atom stereocenters. The van der Waals surface area contributed by atoms with Gasteiger partial charge in [0.15, 0.2) is 12.1 Å². The highest BCUT2D eigenvalue weighted by molar-refractivity contribution is 6.22. The summed E-state index contributed by atoms with van der Waals surface area (Å²) in [6.07, 6.45) is 8.06. The molecular weight excluding hydrogens is 336 g/mol. The maximum absolute atomic E-state index is 12.6. The van der Waals surface area contributed by atoms with Gasteiger partial charge >= 0.3 is 0 Å². The molecule has 1 aliphatic rings. The highest BCUT2D eigenvalue weighted by Crippen LogP contribution is 2.24. The number of carbonyl (C=O) groups excluding carboxylic acids is 1. The standard InChI is InChI=1S/C17H18N6O3/c1-13-16(11-18-7-2-9-21-10-8-19-12-21)17(24)22(20-13)14-3-5-15(6-4-14)23(25)26/h3-6,8,10-12,16H,2,7,9H2,1H3/p+1/t16-/m0/s1. The van der Waals surface area contributed by atoms with Gasteiger partial charge in [-0.2, -0.15) is 10.1 Å². The lowest BCUT2D eigenvalue weighted by molar-refractivity contribution is -0.454. The Labute approximate surface area is 149 Å². The highest BCUT2D eigenvalue weighted by atomic mass is 16.6. The van der Waals surface area contributed by atoms with Crippen LogP contribution in [0.1, 0.15) is 13.3 Å². The second-order valence-corrected chi connectivity index (χ2v) is 5.92. The summed E-state index contributed by atoms with van der Waals surface area (Å²) in [5.41, 5.74) is 1.16. The van der Waals surface area contributed by atoms with Gasteiger partial charge in [0, 0.05) is 37.5 Å². The molecule has 1 amide bonds. The molecule has 9 nitrogen and oxygen atoms in total. The van der Waals surface area contributed by atoms with Crippen molar-refractivity contribution in [2.24, 2.45) is 11.0 Å². The lowest BCUT2D eigenvalue weighted by atomic mass is 10.1. The van der Waals surface area contributed by atoms with Gasteiger partial charge in [0.05, 0.1) is 22.6 Å². The van der Waals surface area contributed by atoms with Crippen molar-refractivity contribution in [3.05, 3.63) is 53.1 Å². The zero-order chi connectivity index (χ0) is 18.5. The minimum absolute atomic E-state index is 0.0243. The van der Waals surface area contributed by atoms with Crippen LogP contribution in [0.5, 0.6) is 0 Å². The molecule has 0 saturated heterocycles. The number of carbonyl (C=O) groups is 1. The molecule has 1 aromatic carbocycles. The Balaban J connectivity index is 1.58. The van der Waals surface area contributed by atoms with E-state index in [2.05, 4.69) is 15.1 Å². The number of benzene rings is 1. The summed E-state index contributed by atoms with van der Waals surface area (Å²) in [5, 5.41) is 16.3. The van der Waals surface area contributed by atoms with Crippen LogP contribution in [0.3, 0.4) is 0 Å². The molecule has 1 aliphatic heterocycles. The molecule has 0 aliphatic carbocycles. The second-order valence-electron chi connectivity index (χ2n) is 5.92. The first-order valence-electron chi connectivity index (χ1n) is 8.22. The van der Waals surface area contributed by atoms with Crippen LogP contribution in [0.15, 0.2) is 48.1 Å². The maximum Gasteiger partial charge on any atom is 0.269 e. The van der Waals surface area contributed by atoms with E-state index in [1.807, 2.05) is 10.8 Å². The van der Waals surface area contributed by atoms with Gasteiger partial charge in [0.1, 0.15) is 6.54 Å². The Morgan fingerprint density at radius 3 is 2.77 bits per heavy atom. The van der Waals surface area contributed by atoms with Crippen molar-refractivity contribution in [1.82, 2.24) is 9.55 Å². The largest absolute Gasteiger partial charge is 0.337 e. The number of nitro benzene ring substituents is 1. The lowest BCUT2D eigenvalue weighted by Crippen LogP contribution is -2.71. The third-order valence-electron chi connectivity index (χ3n) is 4.07. The number of imidazole rings is 1. The minimum Gasteiger partial charge on any atom is -0.337 e. The number of amides is 1. The van der Waals surface area contributed by atoms with Crippen molar-refractivity contribution in [2.45, 2.75) is 19.9 Å². The molecule has 1 aromatic heterocycles. The fourth-order valence-corrected chi connectivity index (χ4v) is 2.66. The molecule has 0 unspecified atom stereocenters. The summed E-state index contributed by atoms with van der Waals surface area (Å²) < 4.78 is 1.99. The van der Waals surface area contributed by atoms with Crippen LogP contribution in [0, 0.1) is 16.0 Å². The van der Waals surface area contributed by atoms with E-state index in [-0.39, 0.29) is 11.6 Å². The average molecular weight is 355 g/mol. The van der Waals surface area contributed by atoms with E-state index in [0.717, 1.165) is 19.5 Å². The lowest BCUT2D eigenvalue weighted by Gasteiger charge is -2.11. The van der Waals surface area contributed by atoms with Crippen LogP contribution in [-0.4, -0.2) is 38.9 Å². The van der Waals surface area contributed by atoms with Gasteiger partial charge in [-0.1, -0.05) is 0 Å². The van der Waals surface area contributed by atoms with E-state index in [4.69, 9.17) is 0 Å². The van der Waals surface area contributed by atoms with Crippen molar-refractivity contribution in [2.75, 3.05) is 11.6 Å². The Morgan fingerprint density at radius 2 is 2.12 bits per heavy atom. The number of anilines is 1. The number of hydrogen-bond acceptors (Lipinski definition) is 5. The predicted octanol–water partition coefficient (Wildman–Crippen LogP) is 0.372. The molecule has 0 bridgehead atoms. The number of non-ortho nitro benzene ring substituents is 1. The molecular formula is C17H19N6O3+. The number of aromatic nitrogens is 2. The Bertz CT molecular complexity index is 842. The minimum atomic E-state index is -0.478. The van der Waals surface area contributed by atoms with E-state index in [1.165, 1.54) is 29.3 Å². The summed E-state index contributed by atoms with van der Waals surface area (Å²) >= 11 is 0. The van der Waals surface area contributed by atoms with E-state index in [1.54, 1.807) is 25.7 Å². The number of hydrazone groups is 1. The second kappa shape index (κ2) is 7.68. The quantitative estimate of drug-likeness (QED) is 0.335. The van der Waals surface area contributed by atoms with Crippen molar-refractivity contribution in [1.29, 1.82) is 0 Å². The highest BCUT2D eigenvalue weighted by Gasteiger charge is 2.35. The summed E-state index contributed by atoms with van der Waals surface area (Å²) in [5.74, 6) is -0.628. The zero-order valence-corrected chi connectivity index (χ0v) is 14.3. The molecule has 9 heteroatoms. The van der Waals surface area contributed by atoms with Crippen molar-refractivity contribution < 1.29 is 14.7 Å². The average Bonchev–Trinajstić information content (AvgIpc) is 3.24. The third kappa shape index (κ3) is 3.82. The van der Waals surface area contributed by atoms with Gasteiger partial charge in [0.2, 0.25) is 0 Å². The molecule has 2 heterocycles. The molecule has 1 N–H and O–H groups in total. The summed E-state index contributed by atoms with van der Waals surface area (Å²) in [4.78, 5) is 30.0. The topological polar surface area (TPSA) is 108 Å². The normalized spacial score (nSPS) is 17.1. The number of aryl methyl sites for hydroxylation is 1. The van der Waals surface area contributed by atoms with Crippen LogP contribution < -0.4 is 10.0 Å². The SMILES string of the molecule is CC1=NN(c2ccc([N+](=O)[O-])cc2)C(=O)[C@H]1C=[NH+]CCCn1ccnc1. The zero-order valence-electron chi connectivity index (χ0n) is 14.3. The fourth-order valence-electron chi connectivity index (χ4n) is 2.66. The van der Waals surface area contributed by atoms with Crippen LogP contribution in [0.4, 0.5) is 11.4 Å². The summed E-state index contributed by atoms with van der Waals surface area (Å²) in [7, 11) is 0. The molecule has 2 aromatic rings. The van der Waals surface area contributed by atoms with Gasteiger partial charge in [-0.25, -0.2) is 4.98 Å². The molecule has 26 heavy (non-hydrogen) atoms. The van der Waals surface area contributed by atoms with Crippen LogP contribution in [-0.2, 0) is 11.3 Å². The number of hydrogen-bond donors (Lipinski definition) is 1. The van der Waals surface area contributed by atoms with E-state index >= 15 is 0 Å². The summed E-state index contributed by atoms with van der Waals surface area (Å²) in [6, 6.07) is 5.76. The molecule has 3 rings (SSSR count). The van der Waals surface area contributed by atoms with E-state index in [0.29, 0.717) is 11.4 Å². The molecule has 0 radical (unpaired) electrons. The van der Waals surface area contributed by atoms with Crippen LogP contribution in [0.2, 0.25) is 0 Å². The first-order valence-corrected chi connectivity index (χ1v) is 8.22. The monoisotopic (exact) mass is 355 g/mol. The smallest absolute Gasteiger partial charge is 0.269 e. The number of nitrogens with zero attached hydrogens (tertiary/aromatic N) is 5. The van der Waals surface area contributed by atoms with Crippen molar-refractivity contribution in [3.63, 3.8) is 0 Å². The van der Waals surface area contributed by atoms with Gasteiger partial charge in [-0.3, -0.25) is 19.9 Å². The Kier molecular flexibility index (Phi) is 5.16. The number of nitrogens with one attached hydrogen (secondary N) is 1. The van der Waals surface area contributed by atoms with Crippen LogP contribution in [0.25, 0.3) is 0 Å². The fraction of sp³-hybridized carbons (Fsp3) is 0.294. The summed E-state index contributed by atoms with van der Waals surface area (Å²) in [6.45, 7) is 3.37. The van der Waals surface area contributed by atoms with Crippen molar-refractivity contribution >= 4 is 29.2 Å².